The molecular formula is C30H32BrClN2O3. The number of ether oxygens (including phenoxy) is 1. The Hall–Kier alpha value is -2.83. The second-order valence-electron chi connectivity index (χ2n) is 9.42. The highest BCUT2D eigenvalue weighted by Gasteiger charge is 2.32. The molecule has 1 aliphatic rings. The molecule has 1 aliphatic carbocycles. The molecule has 0 aliphatic heterocycles. The van der Waals surface area contributed by atoms with E-state index in [0.29, 0.717) is 28.2 Å². The van der Waals surface area contributed by atoms with Gasteiger partial charge in [-0.2, -0.15) is 0 Å². The van der Waals surface area contributed by atoms with Gasteiger partial charge in [0.2, 0.25) is 5.91 Å². The zero-order chi connectivity index (χ0) is 26.0. The van der Waals surface area contributed by atoms with Crippen molar-refractivity contribution >= 4 is 39.3 Å². The number of hydrogen-bond acceptors (Lipinski definition) is 3. The summed E-state index contributed by atoms with van der Waals surface area (Å²) in [4.78, 5) is 29.1. The lowest BCUT2D eigenvalue weighted by Crippen LogP contribution is -2.53. The van der Waals surface area contributed by atoms with Gasteiger partial charge in [-0.05, 0) is 58.1 Å². The predicted octanol–water partition coefficient (Wildman–Crippen LogP) is 6.57. The van der Waals surface area contributed by atoms with Crippen LogP contribution in [0.15, 0.2) is 83.3 Å². The van der Waals surface area contributed by atoms with Crippen LogP contribution in [-0.4, -0.2) is 35.4 Å². The van der Waals surface area contributed by atoms with Gasteiger partial charge in [-0.3, -0.25) is 9.59 Å². The van der Waals surface area contributed by atoms with Crippen LogP contribution in [-0.2, 0) is 22.6 Å². The fourth-order valence-corrected chi connectivity index (χ4v) is 5.49. The maximum atomic E-state index is 13.7. The summed E-state index contributed by atoms with van der Waals surface area (Å²) in [6.07, 6.45) is 5.81. The maximum absolute atomic E-state index is 13.7. The Balaban J connectivity index is 1.60. The second-order valence-corrected chi connectivity index (χ2v) is 10.7. The van der Waals surface area contributed by atoms with E-state index in [1.54, 1.807) is 23.1 Å². The zero-order valence-corrected chi connectivity index (χ0v) is 23.1. The van der Waals surface area contributed by atoms with Crippen molar-refractivity contribution < 1.29 is 14.3 Å². The molecule has 0 spiro atoms. The molecule has 0 aromatic heterocycles. The molecule has 5 nitrogen and oxygen atoms in total. The van der Waals surface area contributed by atoms with E-state index in [0.717, 1.165) is 36.8 Å². The van der Waals surface area contributed by atoms with E-state index >= 15 is 0 Å². The fourth-order valence-electron chi connectivity index (χ4n) is 4.69. The molecule has 3 aromatic carbocycles. The van der Waals surface area contributed by atoms with Crippen LogP contribution in [0.2, 0.25) is 5.02 Å². The molecule has 0 saturated heterocycles. The first-order chi connectivity index (χ1) is 18.0. The van der Waals surface area contributed by atoms with Gasteiger partial charge in [-0.25, -0.2) is 0 Å². The number of hydrogen-bond donors (Lipinski definition) is 1. The fraction of sp³-hybridized carbons (Fsp3) is 0.333. The van der Waals surface area contributed by atoms with Crippen molar-refractivity contribution in [3.63, 3.8) is 0 Å². The van der Waals surface area contributed by atoms with Gasteiger partial charge in [0.1, 0.15) is 11.8 Å². The molecule has 0 radical (unpaired) electrons. The van der Waals surface area contributed by atoms with Crippen LogP contribution in [0, 0.1) is 0 Å². The Morgan fingerprint density at radius 2 is 1.59 bits per heavy atom. The summed E-state index contributed by atoms with van der Waals surface area (Å²) in [5, 5.41) is 3.82. The van der Waals surface area contributed by atoms with Crippen molar-refractivity contribution in [3.05, 3.63) is 99.5 Å². The third-order valence-corrected chi connectivity index (χ3v) is 7.52. The van der Waals surface area contributed by atoms with Crippen LogP contribution >= 0.6 is 27.5 Å². The lowest BCUT2D eigenvalue weighted by Gasteiger charge is -2.33. The lowest BCUT2D eigenvalue weighted by molar-refractivity contribution is -0.143. The summed E-state index contributed by atoms with van der Waals surface area (Å²) in [6, 6.07) is 24.2. The molecule has 4 rings (SSSR count). The Bertz CT molecular complexity index is 1170. The molecule has 1 atom stereocenters. The number of benzene rings is 3. The van der Waals surface area contributed by atoms with Crippen LogP contribution in [0.5, 0.6) is 5.75 Å². The van der Waals surface area contributed by atoms with Crippen LogP contribution in [0.4, 0.5) is 0 Å². The van der Waals surface area contributed by atoms with Gasteiger partial charge >= 0.3 is 0 Å². The summed E-state index contributed by atoms with van der Waals surface area (Å²) < 4.78 is 6.54. The highest BCUT2D eigenvalue weighted by molar-refractivity contribution is 9.10. The van der Waals surface area contributed by atoms with Crippen molar-refractivity contribution in [2.75, 3.05) is 6.61 Å². The Labute approximate surface area is 232 Å². The molecule has 1 N–H and O–H groups in total. The van der Waals surface area contributed by atoms with Crippen LogP contribution < -0.4 is 10.1 Å². The minimum Gasteiger partial charge on any atom is -0.483 e. The van der Waals surface area contributed by atoms with Gasteiger partial charge in [0, 0.05) is 24.0 Å². The number of nitrogens with zero attached hydrogens (tertiary/aromatic N) is 1. The molecule has 1 saturated carbocycles. The Morgan fingerprint density at radius 3 is 2.24 bits per heavy atom. The number of carbonyl (C=O) groups is 2. The van der Waals surface area contributed by atoms with E-state index in [1.165, 1.54) is 6.42 Å². The molecule has 7 heteroatoms. The summed E-state index contributed by atoms with van der Waals surface area (Å²) in [5.41, 5.74) is 1.95. The summed E-state index contributed by atoms with van der Waals surface area (Å²) >= 11 is 9.49. The highest BCUT2D eigenvalue weighted by Crippen LogP contribution is 2.28. The molecule has 194 valence electrons. The zero-order valence-electron chi connectivity index (χ0n) is 20.7. The summed E-state index contributed by atoms with van der Waals surface area (Å²) in [7, 11) is 0. The van der Waals surface area contributed by atoms with E-state index in [4.69, 9.17) is 16.3 Å². The van der Waals surface area contributed by atoms with Gasteiger partial charge in [-0.15, -0.1) is 0 Å². The molecule has 1 unspecified atom stereocenters. The second kappa shape index (κ2) is 13.6. The molecule has 3 aromatic rings. The van der Waals surface area contributed by atoms with Crippen molar-refractivity contribution in [2.45, 2.75) is 57.2 Å². The van der Waals surface area contributed by atoms with Crippen molar-refractivity contribution in [2.24, 2.45) is 0 Å². The lowest BCUT2D eigenvalue weighted by atomic mass is 9.94. The van der Waals surface area contributed by atoms with E-state index in [9.17, 15) is 9.59 Å². The van der Waals surface area contributed by atoms with E-state index in [-0.39, 0.29) is 24.5 Å². The molecule has 37 heavy (non-hydrogen) atoms. The number of halogens is 2. The van der Waals surface area contributed by atoms with Gasteiger partial charge < -0.3 is 15.0 Å². The van der Waals surface area contributed by atoms with Crippen LogP contribution in [0.1, 0.15) is 43.2 Å². The quantitative estimate of drug-likeness (QED) is 0.294. The van der Waals surface area contributed by atoms with Crippen molar-refractivity contribution in [1.29, 1.82) is 0 Å². The SMILES string of the molecule is O=C(NC1CCCCC1)C(Cc1ccccc1)N(Cc1ccccc1)C(=O)COc1ccc(Cl)cc1Br. The maximum Gasteiger partial charge on any atom is 0.261 e. The third kappa shape index (κ3) is 8.08. The third-order valence-electron chi connectivity index (χ3n) is 6.66. The minimum absolute atomic E-state index is 0.118. The van der Waals surface area contributed by atoms with Gasteiger partial charge in [0.05, 0.1) is 4.47 Å². The number of amides is 2. The number of nitrogens with one attached hydrogen (secondary N) is 1. The average molecular weight is 584 g/mol. The smallest absolute Gasteiger partial charge is 0.261 e. The Kier molecular flexibility index (Phi) is 10.0. The highest BCUT2D eigenvalue weighted by atomic mass is 79.9. The first kappa shape index (κ1) is 27.2. The largest absolute Gasteiger partial charge is 0.483 e. The van der Waals surface area contributed by atoms with E-state index < -0.39 is 6.04 Å². The van der Waals surface area contributed by atoms with Gasteiger partial charge in [0.15, 0.2) is 6.61 Å². The van der Waals surface area contributed by atoms with Crippen LogP contribution in [0.25, 0.3) is 0 Å². The minimum atomic E-state index is -0.672. The molecule has 0 bridgehead atoms. The van der Waals surface area contributed by atoms with Crippen molar-refractivity contribution in [1.82, 2.24) is 10.2 Å². The first-order valence-corrected chi connectivity index (χ1v) is 13.9. The van der Waals surface area contributed by atoms with E-state index in [2.05, 4.69) is 21.2 Å². The standard InChI is InChI=1S/C30H32BrClN2O3/c31-26-19-24(32)16-17-28(26)37-21-29(35)34(20-23-12-6-2-7-13-23)27(18-22-10-4-1-5-11-22)30(36)33-25-14-8-3-9-15-25/h1-2,4-7,10-13,16-17,19,25,27H,3,8-9,14-15,18,20-21H2,(H,33,36). The molecule has 0 heterocycles. The van der Waals surface area contributed by atoms with Crippen molar-refractivity contribution in [3.8, 4) is 5.75 Å². The first-order valence-electron chi connectivity index (χ1n) is 12.7. The predicted molar refractivity (Wildman–Crippen MR) is 151 cm³/mol. The summed E-state index contributed by atoms with van der Waals surface area (Å²) in [6.45, 7) is 0.107. The van der Waals surface area contributed by atoms with E-state index in [1.807, 2.05) is 60.7 Å². The molecule has 2 amide bonds. The van der Waals surface area contributed by atoms with Gasteiger partial charge in [-0.1, -0.05) is 91.5 Å². The topological polar surface area (TPSA) is 58.6 Å². The normalized spacial score (nSPS) is 14.5. The van der Waals surface area contributed by atoms with Crippen LogP contribution in [0.3, 0.4) is 0 Å². The number of rotatable bonds is 10. The molecular weight excluding hydrogens is 552 g/mol. The Morgan fingerprint density at radius 1 is 0.946 bits per heavy atom. The van der Waals surface area contributed by atoms with Gasteiger partial charge in [0.25, 0.3) is 5.91 Å². The number of carbonyl (C=O) groups excluding carboxylic acids is 2. The average Bonchev–Trinajstić information content (AvgIpc) is 2.91. The summed E-state index contributed by atoms with van der Waals surface area (Å²) in [5.74, 6) is 0.141. The monoisotopic (exact) mass is 582 g/mol. The molecule has 1 fully saturated rings.